The Morgan fingerprint density at radius 1 is 1.06 bits per heavy atom. The summed E-state index contributed by atoms with van der Waals surface area (Å²) in [4.78, 5) is 27.3. The number of benzene rings is 2. The van der Waals surface area contributed by atoms with Gasteiger partial charge in [0.15, 0.2) is 0 Å². The van der Waals surface area contributed by atoms with Crippen LogP contribution in [0.4, 0.5) is 10.1 Å². The van der Waals surface area contributed by atoms with Gasteiger partial charge < -0.3 is 10.2 Å². The summed E-state index contributed by atoms with van der Waals surface area (Å²) in [7, 11) is -3.89. The van der Waals surface area contributed by atoms with E-state index in [9.17, 15) is 22.4 Å². The fourth-order valence-electron chi connectivity index (χ4n) is 3.24. The van der Waals surface area contributed by atoms with E-state index in [-0.39, 0.29) is 24.2 Å². The highest BCUT2D eigenvalue weighted by molar-refractivity contribution is 7.92. The molecule has 1 atom stereocenters. The van der Waals surface area contributed by atoms with Gasteiger partial charge in [-0.2, -0.15) is 0 Å². The molecular formula is C23H30FN3O4S. The Labute approximate surface area is 189 Å². The van der Waals surface area contributed by atoms with Gasteiger partial charge in [0.1, 0.15) is 18.4 Å². The Kier molecular flexibility index (Phi) is 8.38. The van der Waals surface area contributed by atoms with Gasteiger partial charge in [-0.05, 0) is 51.5 Å². The van der Waals surface area contributed by atoms with E-state index in [0.717, 1.165) is 27.8 Å². The average Bonchev–Trinajstić information content (AvgIpc) is 2.68. The van der Waals surface area contributed by atoms with Crippen LogP contribution in [-0.4, -0.2) is 50.0 Å². The first-order chi connectivity index (χ1) is 14.9. The lowest BCUT2D eigenvalue weighted by Gasteiger charge is -2.32. The van der Waals surface area contributed by atoms with E-state index >= 15 is 0 Å². The van der Waals surface area contributed by atoms with Gasteiger partial charge in [-0.15, -0.1) is 0 Å². The maximum Gasteiger partial charge on any atom is 0.244 e. The van der Waals surface area contributed by atoms with Gasteiger partial charge in [0, 0.05) is 12.6 Å². The number of rotatable bonds is 9. The van der Waals surface area contributed by atoms with Crippen molar-refractivity contribution in [3.8, 4) is 0 Å². The lowest BCUT2D eigenvalue weighted by molar-refractivity contribution is -0.139. The Hall–Kier alpha value is -2.94. The van der Waals surface area contributed by atoms with Gasteiger partial charge in [0.05, 0.1) is 11.9 Å². The van der Waals surface area contributed by atoms with Gasteiger partial charge in [-0.1, -0.05) is 35.9 Å². The molecule has 0 saturated carbocycles. The summed E-state index contributed by atoms with van der Waals surface area (Å²) in [5.74, 6) is -1.55. The fourth-order valence-corrected chi connectivity index (χ4v) is 4.08. The van der Waals surface area contributed by atoms with Gasteiger partial charge in [-0.25, -0.2) is 12.8 Å². The zero-order valence-electron chi connectivity index (χ0n) is 19.0. The summed E-state index contributed by atoms with van der Waals surface area (Å²) in [6, 6.07) is 11.5. The molecule has 174 valence electrons. The minimum absolute atomic E-state index is 0.0376. The molecule has 1 unspecified atom stereocenters. The molecule has 1 N–H and O–H groups in total. The molecule has 0 bridgehead atoms. The molecule has 7 nitrogen and oxygen atoms in total. The molecule has 0 aliphatic rings. The molecule has 0 fully saturated rings. The molecule has 2 aromatic carbocycles. The number of sulfonamides is 1. The zero-order valence-corrected chi connectivity index (χ0v) is 19.8. The quantitative estimate of drug-likeness (QED) is 0.620. The summed E-state index contributed by atoms with van der Waals surface area (Å²) in [5.41, 5.74) is 1.83. The van der Waals surface area contributed by atoms with Crippen LogP contribution in [0.15, 0.2) is 48.5 Å². The number of nitrogens with zero attached hydrogens (tertiary/aromatic N) is 2. The lowest BCUT2D eigenvalue weighted by atomic mass is 10.1. The van der Waals surface area contributed by atoms with Crippen LogP contribution < -0.4 is 9.62 Å². The predicted molar refractivity (Wildman–Crippen MR) is 123 cm³/mol. The molecule has 0 aliphatic carbocycles. The number of anilines is 1. The molecule has 0 radical (unpaired) electrons. The first-order valence-electron chi connectivity index (χ1n) is 10.3. The van der Waals surface area contributed by atoms with Crippen molar-refractivity contribution >= 4 is 27.5 Å². The number of hydrogen-bond acceptors (Lipinski definition) is 4. The summed E-state index contributed by atoms with van der Waals surface area (Å²) in [6.07, 6.45) is 0.949. The van der Waals surface area contributed by atoms with Crippen molar-refractivity contribution in [2.24, 2.45) is 0 Å². The van der Waals surface area contributed by atoms with Gasteiger partial charge >= 0.3 is 0 Å². The third-order valence-electron chi connectivity index (χ3n) is 4.81. The van der Waals surface area contributed by atoms with Crippen LogP contribution in [0.2, 0.25) is 0 Å². The van der Waals surface area contributed by atoms with Crippen molar-refractivity contribution in [3.05, 3.63) is 65.5 Å². The fraction of sp³-hybridized carbons (Fsp3) is 0.391. The first-order valence-corrected chi connectivity index (χ1v) is 12.1. The number of halogens is 1. The second-order valence-electron chi connectivity index (χ2n) is 8.10. The minimum Gasteiger partial charge on any atom is -0.352 e. The van der Waals surface area contributed by atoms with Crippen LogP contribution in [0.25, 0.3) is 0 Å². The minimum atomic E-state index is -3.89. The summed E-state index contributed by atoms with van der Waals surface area (Å²) < 4.78 is 39.4. The SMILES string of the molecule is Cc1cccc(CN(C(=O)CN(c2cccc(F)c2)S(C)(=O)=O)C(C)C(=O)NC(C)C)c1. The molecule has 0 heterocycles. The lowest BCUT2D eigenvalue weighted by Crippen LogP contribution is -2.52. The van der Waals surface area contributed by atoms with E-state index in [1.807, 2.05) is 45.0 Å². The number of aryl methyl sites for hydroxylation is 1. The summed E-state index contributed by atoms with van der Waals surface area (Å²) in [6.45, 7) is 6.69. The van der Waals surface area contributed by atoms with Gasteiger partial charge in [0.2, 0.25) is 21.8 Å². The van der Waals surface area contributed by atoms with E-state index in [1.54, 1.807) is 6.92 Å². The maximum atomic E-state index is 13.7. The van der Waals surface area contributed by atoms with E-state index in [1.165, 1.54) is 23.1 Å². The van der Waals surface area contributed by atoms with E-state index in [0.29, 0.717) is 0 Å². The molecule has 0 spiro atoms. The number of nitrogens with one attached hydrogen (secondary N) is 1. The van der Waals surface area contributed by atoms with Crippen LogP contribution in [0.3, 0.4) is 0 Å². The summed E-state index contributed by atoms with van der Waals surface area (Å²) in [5, 5.41) is 2.78. The van der Waals surface area contributed by atoms with Crippen molar-refractivity contribution in [3.63, 3.8) is 0 Å². The third-order valence-corrected chi connectivity index (χ3v) is 5.95. The number of hydrogen-bond donors (Lipinski definition) is 1. The van der Waals surface area contributed by atoms with Crippen LogP contribution >= 0.6 is 0 Å². The van der Waals surface area contributed by atoms with Gasteiger partial charge in [-0.3, -0.25) is 13.9 Å². The van der Waals surface area contributed by atoms with E-state index in [2.05, 4.69) is 5.32 Å². The van der Waals surface area contributed by atoms with Crippen LogP contribution in [0.1, 0.15) is 31.9 Å². The molecular weight excluding hydrogens is 433 g/mol. The Morgan fingerprint density at radius 3 is 2.28 bits per heavy atom. The van der Waals surface area contributed by atoms with Crippen LogP contribution in [0.5, 0.6) is 0 Å². The summed E-state index contributed by atoms with van der Waals surface area (Å²) >= 11 is 0. The molecule has 2 aromatic rings. The normalized spacial score (nSPS) is 12.3. The van der Waals surface area contributed by atoms with E-state index in [4.69, 9.17) is 0 Å². The van der Waals surface area contributed by atoms with E-state index < -0.39 is 34.3 Å². The Morgan fingerprint density at radius 2 is 1.72 bits per heavy atom. The highest BCUT2D eigenvalue weighted by atomic mass is 32.2. The molecule has 2 amide bonds. The molecule has 2 rings (SSSR count). The molecule has 32 heavy (non-hydrogen) atoms. The largest absolute Gasteiger partial charge is 0.352 e. The molecule has 9 heteroatoms. The molecule has 0 aliphatic heterocycles. The van der Waals surface area contributed by atoms with Crippen LogP contribution in [-0.2, 0) is 26.2 Å². The Balaban J connectivity index is 2.39. The molecule has 0 saturated heterocycles. The maximum absolute atomic E-state index is 13.7. The topological polar surface area (TPSA) is 86.8 Å². The number of amides is 2. The first kappa shape index (κ1) is 25.3. The Bertz CT molecular complexity index is 1070. The highest BCUT2D eigenvalue weighted by Gasteiger charge is 2.30. The predicted octanol–water partition coefficient (Wildman–Crippen LogP) is 2.84. The second kappa shape index (κ2) is 10.6. The van der Waals surface area contributed by atoms with Crippen molar-refractivity contribution in [2.45, 2.75) is 46.3 Å². The van der Waals surface area contributed by atoms with Crippen molar-refractivity contribution in [1.29, 1.82) is 0 Å². The van der Waals surface area contributed by atoms with Crippen LogP contribution in [0, 0.1) is 12.7 Å². The monoisotopic (exact) mass is 463 g/mol. The van der Waals surface area contributed by atoms with Crippen molar-refractivity contribution in [2.75, 3.05) is 17.1 Å². The molecule has 0 aromatic heterocycles. The second-order valence-corrected chi connectivity index (χ2v) is 10.0. The average molecular weight is 464 g/mol. The highest BCUT2D eigenvalue weighted by Crippen LogP contribution is 2.20. The zero-order chi connectivity index (χ0) is 24.1. The van der Waals surface area contributed by atoms with Crippen molar-refractivity contribution < 1.29 is 22.4 Å². The smallest absolute Gasteiger partial charge is 0.244 e. The standard InChI is InChI=1S/C23H30FN3O4S/c1-16(2)25-23(29)18(4)26(14-19-9-6-8-17(3)12-19)22(28)15-27(32(5,30)31)21-11-7-10-20(24)13-21/h6-13,16,18H,14-15H2,1-5H3,(H,25,29). The van der Waals surface area contributed by atoms with Gasteiger partial charge in [0.25, 0.3) is 0 Å². The number of carbonyl (C=O) groups is 2. The number of carbonyl (C=O) groups excluding carboxylic acids is 2. The third kappa shape index (κ3) is 7.05. The van der Waals surface area contributed by atoms with Crippen molar-refractivity contribution in [1.82, 2.24) is 10.2 Å².